The third-order valence-corrected chi connectivity index (χ3v) is 5.41. The molecule has 0 spiro atoms. The minimum absolute atomic E-state index is 0.109. The molecule has 0 aromatic carbocycles. The van der Waals surface area contributed by atoms with E-state index in [1.165, 1.54) is 12.8 Å². The summed E-state index contributed by atoms with van der Waals surface area (Å²) in [7, 11) is 0. The van der Waals surface area contributed by atoms with E-state index >= 15 is 0 Å². The Kier molecular flexibility index (Phi) is 6.48. The summed E-state index contributed by atoms with van der Waals surface area (Å²) in [4.78, 5) is 0. The second-order valence-corrected chi connectivity index (χ2v) is 6.94. The smallest absolute Gasteiger partial charge is 0.155 e. The molecule has 0 aliphatic heterocycles. The molecule has 124 valence electrons. The molecular formula is C17H32O4. The molecule has 5 atom stereocenters. The van der Waals surface area contributed by atoms with E-state index in [1.54, 1.807) is 0 Å². The third-order valence-electron chi connectivity index (χ3n) is 5.41. The average Bonchev–Trinajstić information content (AvgIpc) is 2.44. The summed E-state index contributed by atoms with van der Waals surface area (Å²) in [6, 6.07) is 0. The lowest BCUT2D eigenvalue weighted by Crippen LogP contribution is -2.42. The van der Waals surface area contributed by atoms with Crippen LogP contribution in [0.4, 0.5) is 0 Å². The normalized spacial score (nSPS) is 42.7. The van der Waals surface area contributed by atoms with Crippen molar-refractivity contribution in [1.29, 1.82) is 0 Å². The summed E-state index contributed by atoms with van der Waals surface area (Å²) < 4.78 is 11.4. The van der Waals surface area contributed by atoms with Crippen molar-refractivity contribution in [3.63, 3.8) is 0 Å². The number of hydrogen-bond acceptors (Lipinski definition) is 4. The molecule has 0 bridgehead atoms. The van der Waals surface area contributed by atoms with Gasteiger partial charge in [0.1, 0.15) is 0 Å². The van der Waals surface area contributed by atoms with Gasteiger partial charge in [-0.1, -0.05) is 6.92 Å². The Hall–Kier alpha value is -0.160. The van der Waals surface area contributed by atoms with Gasteiger partial charge < -0.3 is 19.7 Å². The molecule has 21 heavy (non-hydrogen) atoms. The molecule has 0 aromatic rings. The van der Waals surface area contributed by atoms with Gasteiger partial charge in [0.15, 0.2) is 6.29 Å². The second-order valence-electron chi connectivity index (χ2n) is 6.94. The Bertz CT molecular complexity index is 301. The zero-order chi connectivity index (χ0) is 15.4. The highest BCUT2D eigenvalue weighted by atomic mass is 16.7. The molecule has 4 nitrogen and oxygen atoms in total. The first-order valence-electron chi connectivity index (χ1n) is 8.64. The standard InChI is InChI=1S/C17H32O4/c1-4-20-12(3)21-14-7-5-13(6-8-14)15-10-17(19)16(18)9-11(15)2/h11-19H,4-10H2,1-3H3. The van der Waals surface area contributed by atoms with Gasteiger partial charge in [-0.2, -0.15) is 0 Å². The van der Waals surface area contributed by atoms with Crippen molar-refractivity contribution in [3.8, 4) is 0 Å². The molecule has 4 heteroatoms. The monoisotopic (exact) mass is 300 g/mol. The number of aliphatic hydroxyl groups is 2. The number of aliphatic hydroxyl groups excluding tert-OH is 2. The van der Waals surface area contributed by atoms with Crippen molar-refractivity contribution in [2.45, 2.75) is 83.9 Å². The lowest BCUT2D eigenvalue weighted by Gasteiger charge is -2.42. The van der Waals surface area contributed by atoms with Gasteiger partial charge in [-0.25, -0.2) is 0 Å². The summed E-state index contributed by atoms with van der Waals surface area (Å²) in [5, 5.41) is 19.7. The van der Waals surface area contributed by atoms with Crippen LogP contribution >= 0.6 is 0 Å². The molecule has 0 heterocycles. The van der Waals surface area contributed by atoms with Crippen LogP contribution in [0.1, 0.15) is 59.3 Å². The van der Waals surface area contributed by atoms with Crippen LogP contribution in [-0.2, 0) is 9.47 Å². The Morgan fingerprint density at radius 3 is 2.29 bits per heavy atom. The first-order valence-corrected chi connectivity index (χ1v) is 8.64. The quantitative estimate of drug-likeness (QED) is 0.767. The maximum atomic E-state index is 9.94. The van der Waals surface area contributed by atoms with E-state index in [0.717, 1.165) is 25.7 Å². The Morgan fingerprint density at radius 2 is 1.67 bits per heavy atom. The van der Waals surface area contributed by atoms with Crippen molar-refractivity contribution in [2.24, 2.45) is 17.8 Å². The van der Waals surface area contributed by atoms with Crippen molar-refractivity contribution in [1.82, 2.24) is 0 Å². The van der Waals surface area contributed by atoms with E-state index in [2.05, 4.69) is 6.92 Å². The van der Waals surface area contributed by atoms with Gasteiger partial charge in [0.2, 0.25) is 0 Å². The topological polar surface area (TPSA) is 58.9 Å². The first kappa shape index (κ1) is 17.2. The van der Waals surface area contributed by atoms with E-state index in [4.69, 9.17) is 9.47 Å². The van der Waals surface area contributed by atoms with Gasteiger partial charge in [-0.05, 0) is 70.1 Å². The molecular weight excluding hydrogens is 268 g/mol. The van der Waals surface area contributed by atoms with Crippen LogP contribution in [0, 0.1) is 17.8 Å². The molecule has 2 saturated carbocycles. The van der Waals surface area contributed by atoms with Gasteiger partial charge in [0.25, 0.3) is 0 Å². The maximum absolute atomic E-state index is 9.94. The van der Waals surface area contributed by atoms with Crippen molar-refractivity contribution in [2.75, 3.05) is 6.61 Å². The summed E-state index contributed by atoms with van der Waals surface area (Å²) in [6.07, 6.45) is 5.16. The van der Waals surface area contributed by atoms with Crippen LogP contribution in [0.2, 0.25) is 0 Å². The molecule has 5 unspecified atom stereocenters. The number of ether oxygens (including phenoxy) is 2. The highest BCUT2D eigenvalue weighted by Gasteiger charge is 2.38. The molecule has 0 amide bonds. The van der Waals surface area contributed by atoms with Crippen LogP contribution < -0.4 is 0 Å². The van der Waals surface area contributed by atoms with Crippen LogP contribution in [0.5, 0.6) is 0 Å². The Labute approximate surface area is 128 Å². The number of rotatable bonds is 5. The molecule has 0 saturated heterocycles. The molecule has 2 aliphatic rings. The predicted molar refractivity (Wildman–Crippen MR) is 81.8 cm³/mol. The van der Waals surface area contributed by atoms with E-state index in [9.17, 15) is 10.2 Å². The maximum Gasteiger partial charge on any atom is 0.155 e. The van der Waals surface area contributed by atoms with Gasteiger partial charge in [-0.15, -0.1) is 0 Å². The summed E-state index contributed by atoms with van der Waals surface area (Å²) >= 11 is 0. The Balaban J connectivity index is 1.78. The zero-order valence-corrected chi connectivity index (χ0v) is 13.7. The fraction of sp³-hybridized carbons (Fsp3) is 1.00. The first-order chi connectivity index (χ1) is 10.0. The van der Waals surface area contributed by atoms with E-state index in [0.29, 0.717) is 30.5 Å². The lowest BCUT2D eigenvalue weighted by molar-refractivity contribution is -0.167. The van der Waals surface area contributed by atoms with Gasteiger partial charge in [0, 0.05) is 6.61 Å². The highest BCUT2D eigenvalue weighted by Crippen LogP contribution is 2.42. The van der Waals surface area contributed by atoms with Gasteiger partial charge in [-0.3, -0.25) is 0 Å². The van der Waals surface area contributed by atoms with Crippen molar-refractivity contribution < 1.29 is 19.7 Å². The predicted octanol–water partition coefficient (Wildman–Crippen LogP) is 2.71. The van der Waals surface area contributed by atoms with Crippen LogP contribution in [0.15, 0.2) is 0 Å². The Morgan fingerprint density at radius 1 is 1.05 bits per heavy atom. The summed E-state index contributed by atoms with van der Waals surface area (Å²) in [5.74, 6) is 1.73. The minimum atomic E-state index is -0.529. The SMILES string of the molecule is CCOC(C)OC1CCC(C2CC(O)C(O)CC2C)CC1. The molecule has 0 aromatic heterocycles. The van der Waals surface area contributed by atoms with Crippen LogP contribution in [0.25, 0.3) is 0 Å². The minimum Gasteiger partial charge on any atom is -0.390 e. The van der Waals surface area contributed by atoms with E-state index in [1.807, 2.05) is 13.8 Å². The van der Waals surface area contributed by atoms with Crippen molar-refractivity contribution in [3.05, 3.63) is 0 Å². The summed E-state index contributed by atoms with van der Waals surface area (Å²) in [5.41, 5.74) is 0. The molecule has 2 fully saturated rings. The molecule has 2 N–H and O–H groups in total. The molecule has 0 radical (unpaired) electrons. The van der Waals surface area contributed by atoms with Gasteiger partial charge >= 0.3 is 0 Å². The fourth-order valence-corrected chi connectivity index (χ4v) is 4.24. The summed E-state index contributed by atoms with van der Waals surface area (Å²) in [6.45, 7) is 6.87. The molecule has 2 rings (SSSR count). The highest BCUT2D eigenvalue weighted by molar-refractivity contribution is 4.89. The van der Waals surface area contributed by atoms with E-state index in [-0.39, 0.29) is 6.29 Å². The largest absolute Gasteiger partial charge is 0.390 e. The average molecular weight is 300 g/mol. The molecule has 2 aliphatic carbocycles. The zero-order valence-electron chi connectivity index (χ0n) is 13.7. The fourth-order valence-electron chi connectivity index (χ4n) is 4.24. The lowest BCUT2D eigenvalue weighted by atomic mass is 9.67. The van der Waals surface area contributed by atoms with Crippen molar-refractivity contribution >= 4 is 0 Å². The van der Waals surface area contributed by atoms with Gasteiger partial charge in [0.05, 0.1) is 18.3 Å². The van der Waals surface area contributed by atoms with Crippen LogP contribution in [0.3, 0.4) is 0 Å². The van der Waals surface area contributed by atoms with E-state index < -0.39 is 12.2 Å². The third kappa shape index (κ3) is 4.65. The number of hydrogen-bond donors (Lipinski definition) is 2. The second kappa shape index (κ2) is 7.91. The van der Waals surface area contributed by atoms with Crippen LogP contribution in [-0.4, -0.2) is 41.4 Å².